The smallest absolute Gasteiger partial charge is 0.411 e. The van der Waals surface area contributed by atoms with E-state index in [0.717, 1.165) is 0 Å². The molecular formula is C23H24N2O8. The van der Waals surface area contributed by atoms with Gasteiger partial charge in [-0.3, -0.25) is 5.32 Å². The van der Waals surface area contributed by atoms with Crippen LogP contribution in [0.5, 0.6) is 0 Å². The van der Waals surface area contributed by atoms with Gasteiger partial charge in [0, 0.05) is 34.5 Å². The standard InChI is InChI=1S/C23H24N2O8/c1-5-30-21(27)19-12(3)20(24-13(19)4)22(28)32-11-14-9-18(26)33-17-10-15(7-8-16(14)17)25-23(29)31-6-2/h7-10,24H,5-6,11H2,1-4H3,(H,25,29). The number of hydrogen-bond donors (Lipinski definition) is 2. The first-order valence-electron chi connectivity index (χ1n) is 10.3. The van der Waals surface area contributed by atoms with Gasteiger partial charge < -0.3 is 23.6 Å². The van der Waals surface area contributed by atoms with Gasteiger partial charge in [-0.25, -0.2) is 19.2 Å². The summed E-state index contributed by atoms with van der Waals surface area (Å²) in [6.07, 6.45) is -0.636. The Bertz CT molecular complexity index is 1270. The Balaban J connectivity index is 1.82. The summed E-state index contributed by atoms with van der Waals surface area (Å²) in [6, 6.07) is 5.94. The lowest BCUT2D eigenvalue weighted by atomic mass is 10.1. The van der Waals surface area contributed by atoms with E-state index in [-0.39, 0.29) is 36.7 Å². The number of H-pyrrole nitrogens is 1. The van der Waals surface area contributed by atoms with Crippen molar-refractivity contribution in [2.75, 3.05) is 18.5 Å². The lowest BCUT2D eigenvalue weighted by Gasteiger charge is -2.09. The summed E-state index contributed by atoms with van der Waals surface area (Å²) in [5, 5.41) is 3.06. The molecule has 1 aromatic carbocycles. The lowest BCUT2D eigenvalue weighted by molar-refractivity contribution is 0.0466. The summed E-state index contributed by atoms with van der Waals surface area (Å²) in [7, 11) is 0. The average Bonchev–Trinajstić information content (AvgIpc) is 3.05. The molecule has 0 bridgehead atoms. The van der Waals surface area contributed by atoms with E-state index in [1.807, 2.05) is 0 Å². The second-order valence-electron chi connectivity index (χ2n) is 7.07. The molecule has 0 radical (unpaired) electrons. The summed E-state index contributed by atoms with van der Waals surface area (Å²) in [5.41, 5.74) is 1.69. The molecule has 0 unspecified atom stereocenters. The molecule has 33 heavy (non-hydrogen) atoms. The van der Waals surface area contributed by atoms with Crippen molar-refractivity contribution < 1.29 is 33.0 Å². The first kappa shape index (κ1) is 23.6. The molecule has 1 amide bonds. The number of rotatable bonds is 7. The van der Waals surface area contributed by atoms with E-state index in [0.29, 0.717) is 27.9 Å². The maximum Gasteiger partial charge on any atom is 0.411 e. The van der Waals surface area contributed by atoms with Crippen LogP contribution in [0.15, 0.2) is 33.5 Å². The van der Waals surface area contributed by atoms with E-state index in [2.05, 4.69) is 10.3 Å². The number of aryl methyl sites for hydroxylation is 1. The number of fused-ring (bicyclic) bond motifs is 1. The van der Waals surface area contributed by atoms with Crippen LogP contribution < -0.4 is 10.9 Å². The molecule has 0 aliphatic rings. The second kappa shape index (κ2) is 10.0. The predicted octanol–water partition coefficient (Wildman–Crippen LogP) is 3.84. The summed E-state index contributed by atoms with van der Waals surface area (Å²) < 4.78 is 20.5. The van der Waals surface area contributed by atoms with Crippen LogP contribution in [0.25, 0.3) is 11.0 Å². The zero-order valence-electron chi connectivity index (χ0n) is 18.7. The Labute approximate surface area is 188 Å². The molecule has 2 heterocycles. The number of nitrogens with one attached hydrogen (secondary N) is 2. The van der Waals surface area contributed by atoms with Crippen molar-refractivity contribution in [3.05, 3.63) is 62.8 Å². The third kappa shape index (κ3) is 5.22. The van der Waals surface area contributed by atoms with Gasteiger partial charge in [-0.2, -0.15) is 0 Å². The highest BCUT2D eigenvalue weighted by Crippen LogP contribution is 2.24. The van der Waals surface area contributed by atoms with E-state index in [4.69, 9.17) is 18.6 Å². The van der Waals surface area contributed by atoms with E-state index >= 15 is 0 Å². The van der Waals surface area contributed by atoms with Crippen molar-refractivity contribution in [1.82, 2.24) is 4.98 Å². The van der Waals surface area contributed by atoms with Gasteiger partial charge in [0.15, 0.2) is 0 Å². The quantitative estimate of drug-likeness (QED) is 0.311. The molecule has 2 aromatic heterocycles. The molecule has 0 aliphatic heterocycles. The summed E-state index contributed by atoms with van der Waals surface area (Å²) >= 11 is 0. The number of esters is 2. The molecular weight excluding hydrogens is 432 g/mol. The fourth-order valence-corrected chi connectivity index (χ4v) is 3.39. The highest BCUT2D eigenvalue weighted by molar-refractivity contribution is 5.98. The van der Waals surface area contributed by atoms with Crippen LogP contribution in [0.3, 0.4) is 0 Å². The Kier molecular flexibility index (Phi) is 7.17. The van der Waals surface area contributed by atoms with Crippen molar-refractivity contribution in [1.29, 1.82) is 0 Å². The number of anilines is 1. The largest absolute Gasteiger partial charge is 0.462 e. The first-order chi connectivity index (χ1) is 15.7. The van der Waals surface area contributed by atoms with Gasteiger partial charge in [0.2, 0.25) is 0 Å². The molecule has 0 saturated carbocycles. The molecule has 10 heteroatoms. The average molecular weight is 456 g/mol. The van der Waals surface area contributed by atoms with Crippen LogP contribution in [0.1, 0.15) is 51.5 Å². The van der Waals surface area contributed by atoms with E-state index < -0.39 is 23.7 Å². The SMILES string of the molecule is CCOC(=O)Nc1ccc2c(COC(=O)c3[nH]c(C)c(C(=O)OCC)c3C)cc(=O)oc2c1. The monoisotopic (exact) mass is 456 g/mol. The van der Waals surface area contributed by atoms with Crippen molar-refractivity contribution >= 4 is 34.7 Å². The van der Waals surface area contributed by atoms with E-state index in [1.165, 1.54) is 12.1 Å². The minimum absolute atomic E-state index is 0.128. The van der Waals surface area contributed by atoms with Crippen molar-refractivity contribution in [2.45, 2.75) is 34.3 Å². The van der Waals surface area contributed by atoms with Crippen LogP contribution in [-0.2, 0) is 20.8 Å². The summed E-state index contributed by atoms with van der Waals surface area (Å²) in [4.78, 5) is 51.3. The van der Waals surface area contributed by atoms with Crippen LogP contribution in [0.4, 0.5) is 10.5 Å². The fraction of sp³-hybridized carbons (Fsp3) is 0.304. The molecule has 174 valence electrons. The number of benzene rings is 1. The summed E-state index contributed by atoms with van der Waals surface area (Å²) in [6.45, 7) is 6.87. The lowest BCUT2D eigenvalue weighted by Crippen LogP contribution is -2.13. The van der Waals surface area contributed by atoms with E-state index in [1.54, 1.807) is 39.8 Å². The van der Waals surface area contributed by atoms with Crippen LogP contribution in [0.2, 0.25) is 0 Å². The molecule has 0 saturated heterocycles. The number of amides is 1. The van der Waals surface area contributed by atoms with Crippen LogP contribution >= 0.6 is 0 Å². The highest BCUT2D eigenvalue weighted by atomic mass is 16.5. The minimum atomic E-state index is -0.687. The van der Waals surface area contributed by atoms with Crippen molar-refractivity contribution in [2.24, 2.45) is 0 Å². The van der Waals surface area contributed by atoms with Gasteiger partial charge in [0.25, 0.3) is 0 Å². The third-order valence-electron chi connectivity index (χ3n) is 4.83. The van der Waals surface area contributed by atoms with E-state index in [9.17, 15) is 19.2 Å². The Morgan fingerprint density at radius 2 is 1.73 bits per heavy atom. The Morgan fingerprint density at radius 3 is 2.42 bits per heavy atom. The molecule has 3 aromatic rings. The Hall–Kier alpha value is -4.08. The fourth-order valence-electron chi connectivity index (χ4n) is 3.39. The van der Waals surface area contributed by atoms with Crippen LogP contribution in [0, 0.1) is 13.8 Å². The number of carbonyl (C=O) groups excluding carboxylic acids is 3. The topological polar surface area (TPSA) is 137 Å². The maximum absolute atomic E-state index is 12.7. The molecule has 0 spiro atoms. The number of aromatic nitrogens is 1. The molecule has 3 rings (SSSR count). The Morgan fingerprint density at radius 1 is 1.00 bits per heavy atom. The zero-order chi connectivity index (χ0) is 24.1. The van der Waals surface area contributed by atoms with Crippen LogP contribution in [-0.4, -0.2) is 36.2 Å². The normalized spacial score (nSPS) is 10.7. The zero-order valence-corrected chi connectivity index (χ0v) is 18.7. The molecule has 0 fully saturated rings. The number of carbonyl (C=O) groups is 3. The predicted molar refractivity (Wildman–Crippen MR) is 118 cm³/mol. The van der Waals surface area contributed by atoms with Gasteiger partial charge in [0.05, 0.1) is 18.8 Å². The minimum Gasteiger partial charge on any atom is -0.462 e. The number of hydrogen-bond acceptors (Lipinski definition) is 8. The van der Waals surface area contributed by atoms with Crippen molar-refractivity contribution in [3.63, 3.8) is 0 Å². The van der Waals surface area contributed by atoms with Gasteiger partial charge in [-0.1, -0.05) is 0 Å². The van der Waals surface area contributed by atoms with Gasteiger partial charge in [-0.15, -0.1) is 0 Å². The van der Waals surface area contributed by atoms with Crippen molar-refractivity contribution in [3.8, 4) is 0 Å². The first-order valence-corrected chi connectivity index (χ1v) is 10.3. The number of aromatic amines is 1. The molecule has 0 aliphatic carbocycles. The molecule has 2 N–H and O–H groups in total. The van der Waals surface area contributed by atoms with Gasteiger partial charge in [-0.05, 0) is 45.4 Å². The highest BCUT2D eigenvalue weighted by Gasteiger charge is 2.24. The molecule has 0 atom stereocenters. The maximum atomic E-state index is 12.7. The number of ether oxygens (including phenoxy) is 3. The van der Waals surface area contributed by atoms with Gasteiger partial charge >= 0.3 is 23.7 Å². The summed E-state index contributed by atoms with van der Waals surface area (Å²) in [5.74, 6) is -1.21. The van der Waals surface area contributed by atoms with Gasteiger partial charge in [0.1, 0.15) is 17.9 Å². The third-order valence-corrected chi connectivity index (χ3v) is 4.83. The second-order valence-corrected chi connectivity index (χ2v) is 7.07. The molecule has 10 nitrogen and oxygen atoms in total.